The second-order valence-electron chi connectivity index (χ2n) is 5.32. The number of sulfonamides is 1. The molecule has 0 spiro atoms. The quantitative estimate of drug-likeness (QED) is 0.828. The minimum absolute atomic E-state index is 0.00888. The van der Waals surface area contributed by atoms with Crippen LogP contribution in [0, 0.1) is 5.82 Å². The average molecular weight is 356 g/mol. The third-order valence-electron chi connectivity index (χ3n) is 3.67. The first kappa shape index (κ1) is 16.4. The molecule has 1 aliphatic heterocycles. The van der Waals surface area contributed by atoms with Crippen LogP contribution in [0.15, 0.2) is 53.4 Å². The summed E-state index contributed by atoms with van der Waals surface area (Å²) in [4.78, 5) is -0.00888. The van der Waals surface area contributed by atoms with E-state index in [1.807, 2.05) is 30.3 Å². The highest BCUT2D eigenvalue weighted by Crippen LogP contribution is 2.26. The molecule has 0 radical (unpaired) electrons. The van der Waals surface area contributed by atoms with Crippen molar-refractivity contribution in [1.29, 1.82) is 0 Å². The highest BCUT2D eigenvalue weighted by atomic mass is 35.5. The Kier molecular flexibility index (Phi) is 4.68. The fourth-order valence-corrected chi connectivity index (χ4v) is 4.05. The molecule has 4 nitrogen and oxygen atoms in total. The van der Waals surface area contributed by atoms with Gasteiger partial charge in [0.25, 0.3) is 0 Å². The van der Waals surface area contributed by atoms with Gasteiger partial charge in [0.1, 0.15) is 5.82 Å². The van der Waals surface area contributed by atoms with Gasteiger partial charge in [-0.25, -0.2) is 12.8 Å². The minimum atomic E-state index is -3.66. The smallest absolute Gasteiger partial charge is 0.243 e. The molecule has 0 amide bonds. The molecule has 1 saturated heterocycles. The SMILES string of the molecule is O=S(=O)(c1ccc(F)c(Cl)c1)N1CC(OCc2ccccc2)C1. The summed E-state index contributed by atoms with van der Waals surface area (Å²) in [6.45, 7) is 1.01. The number of rotatable bonds is 5. The predicted molar refractivity (Wildman–Crippen MR) is 85.2 cm³/mol. The third-order valence-corrected chi connectivity index (χ3v) is 5.79. The highest BCUT2D eigenvalue weighted by molar-refractivity contribution is 7.89. The Labute approximate surface area is 139 Å². The van der Waals surface area contributed by atoms with Crippen molar-refractivity contribution >= 4 is 21.6 Å². The molecule has 7 heteroatoms. The normalized spacial score (nSPS) is 16.3. The fourth-order valence-electron chi connectivity index (χ4n) is 2.28. The average Bonchev–Trinajstić information content (AvgIpc) is 2.49. The van der Waals surface area contributed by atoms with E-state index in [9.17, 15) is 12.8 Å². The van der Waals surface area contributed by atoms with E-state index in [-0.39, 0.29) is 29.1 Å². The molecule has 2 aromatic rings. The maximum absolute atomic E-state index is 13.1. The summed E-state index contributed by atoms with van der Waals surface area (Å²) >= 11 is 5.65. The second-order valence-corrected chi connectivity index (χ2v) is 7.66. The van der Waals surface area contributed by atoms with E-state index in [2.05, 4.69) is 0 Å². The molecule has 1 aliphatic rings. The summed E-state index contributed by atoms with van der Waals surface area (Å²) in [6.07, 6.45) is -0.138. The van der Waals surface area contributed by atoms with Gasteiger partial charge in [-0.3, -0.25) is 0 Å². The molecular weight excluding hydrogens is 341 g/mol. The van der Waals surface area contributed by atoms with Gasteiger partial charge in [0.15, 0.2) is 0 Å². The summed E-state index contributed by atoms with van der Waals surface area (Å²) in [6, 6.07) is 13.1. The summed E-state index contributed by atoms with van der Waals surface area (Å²) < 4.78 is 44.9. The summed E-state index contributed by atoms with van der Waals surface area (Å²) in [5.41, 5.74) is 1.04. The van der Waals surface area contributed by atoms with E-state index in [0.717, 1.165) is 17.7 Å². The van der Waals surface area contributed by atoms with E-state index in [1.54, 1.807) is 0 Å². The molecule has 0 aromatic heterocycles. The van der Waals surface area contributed by atoms with Gasteiger partial charge in [-0.15, -0.1) is 0 Å². The first-order chi connectivity index (χ1) is 11.0. The van der Waals surface area contributed by atoms with E-state index in [1.165, 1.54) is 10.4 Å². The van der Waals surface area contributed by atoms with Gasteiger partial charge in [-0.1, -0.05) is 41.9 Å². The number of hydrogen-bond donors (Lipinski definition) is 0. The van der Waals surface area contributed by atoms with Crippen LogP contribution in [0.5, 0.6) is 0 Å². The van der Waals surface area contributed by atoms with E-state index >= 15 is 0 Å². The second kappa shape index (κ2) is 6.57. The predicted octanol–water partition coefficient (Wildman–Crippen LogP) is 3.07. The Morgan fingerprint density at radius 3 is 2.52 bits per heavy atom. The van der Waals surface area contributed by atoms with Gasteiger partial charge in [0, 0.05) is 13.1 Å². The number of halogens is 2. The molecule has 1 heterocycles. The van der Waals surface area contributed by atoms with Crippen LogP contribution in [0.4, 0.5) is 4.39 Å². The van der Waals surface area contributed by atoms with Crippen LogP contribution < -0.4 is 0 Å². The lowest BCUT2D eigenvalue weighted by Gasteiger charge is -2.37. The lowest BCUT2D eigenvalue weighted by molar-refractivity contribution is -0.0295. The zero-order valence-electron chi connectivity index (χ0n) is 12.2. The fraction of sp³-hybridized carbons (Fsp3) is 0.250. The summed E-state index contributed by atoms with van der Waals surface area (Å²) in [5.74, 6) is -0.640. The monoisotopic (exact) mass is 355 g/mol. The van der Waals surface area contributed by atoms with Gasteiger partial charge in [0.05, 0.1) is 22.6 Å². The molecule has 3 rings (SSSR count). The van der Waals surface area contributed by atoms with Crippen LogP contribution in [-0.2, 0) is 21.4 Å². The van der Waals surface area contributed by atoms with E-state index in [4.69, 9.17) is 16.3 Å². The van der Waals surface area contributed by atoms with Crippen LogP contribution >= 0.6 is 11.6 Å². The largest absolute Gasteiger partial charge is 0.371 e. The number of nitrogens with zero attached hydrogens (tertiary/aromatic N) is 1. The molecule has 23 heavy (non-hydrogen) atoms. The lowest BCUT2D eigenvalue weighted by Crippen LogP contribution is -2.54. The first-order valence-corrected chi connectivity index (χ1v) is 8.89. The van der Waals surface area contributed by atoms with E-state index < -0.39 is 15.8 Å². The summed E-state index contributed by atoms with van der Waals surface area (Å²) in [5, 5.41) is -0.205. The van der Waals surface area contributed by atoms with Gasteiger partial charge in [-0.05, 0) is 23.8 Å². The Balaban J connectivity index is 1.58. The molecule has 0 aliphatic carbocycles. The van der Waals surface area contributed by atoms with Gasteiger partial charge < -0.3 is 4.74 Å². The third kappa shape index (κ3) is 3.55. The minimum Gasteiger partial charge on any atom is -0.371 e. The Bertz CT molecular complexity index is 792. The topological polar surface area (TPSA) is 46.6 Å². The zero-order valence-corrected chi connectivity index (χ0v) is 13.7. The van der Waals surface area contributed by atoms with Crippen molar-refractivity contribution < 1.29 is 17.5 Å². The molecule has 0 unspecified atom stereocenters. The molecule has 0 atom stereocenters. The number of hydrogen-bond acceptors (Lipinski definition) is 3. The molecule has 0 N–H and O–H groups in total. The Morgan fingerprint density at radius 1 is 1.17 bits per heavy atom. The zero-order chi connectivity index (χ0) is 16.4. The van der Waals surface area contributed by atoms with Crippen LogP contribution in [0.25, 0.3) is 0 Å². The van der Waals surface area contributed by atoms with Crippen LogP contribution in [0.2, 0.25) is 5.02 Å². The van der Waals surface area contributed by atoms with E-state index in [0.29, 0.717) is 6.61 Å². The molecular formula is C16H15ClFNO3S. The van der Waals surface area contributed by atoms with Crippen molar-refractivity contribution in [2.45, 2.75) is 17.6 Å². The van der Waals surface area contributed by atoms with Crippen molar-refractivity contribution in [3.8, 4) is 0 Å². The summed E-state index contributed by atoms with van der Waals surface area (Å²) in [7, 11) is -3.66. The number of ether oxygens (including phenoxy) is 1. The maximum atomic E-state index is 13.1. The number of benzene rings is 2. The van der Waals surface area contributed by atoms with Crippen molar-refractivity contribution in [2.24, 2.45) is 0 Å². The van der Waals surface area contributed by atoms with Gasteiger partial charge in [-0.2, -0.15) is 4.31 Å². The van der Waals surface area contributed by atoms with Crippen molar-refractivity contribution in [3.63, 3.8) is 0 Å². The first-order valence-electron chi connectivity index (χ1n) is 7.07. The van der Waals surface area contributed by atoms with Crippen LogP contribution in [0.1, 0.15) is 5.56 Å². The maximum Gasteiger partial charge on any atom is 0.243 e. The molecule has 0 saturated carbocycles. The molecule has 1 fully saturated rings. The van der Waals surface area contributed by atoms with Gasteiger partial charge >= 0.3 is 0 Å². The highest BCUT2D eigenvalue weighted by Gasteiger charge is 2.37. The van der Waals surface area contributed by atoms with Crippen LogP contribution in [0.3, 0.4) is 0 Å². The lowest BCUT2D eigenvalue weighted by atomic mass is 10.2. The standard InChI is InChI=1S/C16H15ClFNO3S/c17-15-8-14(6-7-16(15)18)23(20,21)19-9-13(10-19)22-11-12-4-2-1-3-5-12/h1-8,13H,9-11H2. The van der Waals surface area contributed by atoms with Crippen molar-refractivity contribution in [2.75, 3.05) is 13.1 Å². The van der Waals surface area contributed by atoms with Gasteiger partial charge in [0.2, 0.25) is 10.0 Å². The Hall–Kier alpha value is -1.47. The van der Waals surface area contributed by atoms with Crippen molar-refractivity contribution in [3.05, 3.63) is 64.9 Å². The van der Waals surface area contributed by atoms with Crippen molar-refractivity contribution in [1.82, 2.24) is 4.31 Å². The molecule has 0 bridgehead atoms. The van der Waals surface area contributed by atoms with Crippen LogP contribution in [-0.4, -0.2) is 31.9 Å². The molecule has 122 valence electrons. The molecule has 2 aromatic carbocycles. The Morgan fingerprint density at radius 2 is 1.87 bits per heavy atom.